The van der Waals surface area contributed by atoms with Crippen molar-refractivity contribution in [3.05, 3.63) is 52.5 Å². The number of benzene rings is 2. The number of carbonyl (C=O) groups excluding carboxylic acids is 1. The Kier molecular flexibility index (Phi) is 5.01. The van der Waals surface area contributed by atoms with Crippen LogP contribution in [0, 0.1) is 0 Å². The number of anilines is 2. The molecule has 2 aromatic rings. The zero-order valence-corrected chi connectivity index (χ0v) is 15.9. The third-order valence-electron chi connectivity index (χ3n) is 3.93. The first-order valence-electron chi connectivity index (χ1n) is 7.66. The van der Waals surface area contributed by atoms with E-state index in [2.05, 4.69) is 21.2 Å². The third kappa shape index (κ3) is 3.80. The Hall–Kier alpha value is -2.06. The average molecular weight is 425 g/mol. The predicted molar refractivity (Wildman–Crippen MR) is 101 cm³/mol. The lowest BCUT2D eigenvalue weighted by Crippen LogP contribution is -2.25. The van der Waals surface area contributed by atoms with E-state index in [0.717, 1.165) is 4.47 Å². The number of hydrogen-bond donors (Lipinski definition) is 1. The molecule has 1 aliphatic heterocycles. The zero-order chi connectivity index (χ0) is 18.0. The van der Waals surface area contributed by atoms with Gasteiger partial charge in [-0.3, -0.25) is 9.10 Å². The van der Waals surface area contributed by atoms with Crippen LogP contribution in [0.5, 0.6) is 5.75 Å². The minimum atomic E-state index is -3.22. The van der Waals surface area contributed by atoms with Crippen LogP contribution in [-0.4, -0.2) is 33.7 Å². The molecule has 0 bridgehead atoms. The highest BCUT2D eigenvalue weighted by Crippen LogP contribution is 2.29. The van der Waals surface area contributed by atoms with Gasteiger partial charge >= 0.3 is 0 Å². The second-order valence-corrected chi connectivity index (χ2v) is 8.52. The number of rotatable bonds is 4. The summed E-state index contributed by atoms with van der Waals surface area (Å²) < 4.78 is 31.3. The van der Waals surface area contributed by atoms with Crippen molar-refractivity contribution >= 4 is 43.2 Å². The molecular formula is C17H17BrN2O4S. The normalized spacial score (nSPS) is 15.8. The number of ether oxygens (including phenoxy) is 1. The molecule has 1 amide bonds. The maximum absolute atomic E-state index is 12.4. The van der Waals surface area contributed by atoms with Gasteiger partial charge in [-0.05, 0) is 48.9 Å². The molecule has 1 heterocycles. The fraction of sp³-hybridized carbons (Fsp3) is 0.235. The van der Waals surface area contributed by atoms with Gasteiger partial charge in [-0.25, -0.2) is 8.42 Å². The Morgan fingerprint density at radius 2 is 1.92 bits per heavy atom. The number of nitrogens with zero attached hydrogens (tertiary/aromatic N) is 1. The second-order valence-electron chi connectivity index (χ2n) is 5.59. The monoisotopic (exact) mass is 424 g/mol. The molecule has 0 unspecified atom stereocenters. The zero-order valence-electron chi connectivity index (χ0n) is 13.5. The van der Waals surface area contributed by atoms with Crippen molar-refractivity contribution in [2.45, 2.75) is 6.42 Å². The number of amides is 1. The maximum atomic E-state index is 12.4. The van der Waals surface area contributed by atoms with Crippen LogP contribution in [0.15, 0.2) is 46.9 Å². The standard InChI is InChI=1S/C17H17BrN2O4S/c1-24-16-8-5-13(18)11-15(16)19-17(21)12-3-6-14(7-4-12)20-9-2-10-25(20,22)23/h3-8,11H,2,9-10H2,1H3,(H,19,21). The summed E-state index contributed by atoms with van der Waals surface area (Å²) in [6, 6.07) is 11.8. The van der Waals surface area contributed by atoms with E-state index in [4.69, 9.17) is 4.74 Å². The van der Waals surface area contributed by atoms with Gasteiger partial charge in [0.15, 0.2) is 0 Å². The second kappa shape index (κ2) is 7.05. The van der Waals surface area contributed by atoms with Crippen molar-refractivity contribution in [1.29, 1.82) is 0 Å². The molecule has 6 nitrogen and oxygen atoms in total. The average Bonchev–Trinajstić information content (AvgIpc) is 2.94. The van der Waals surface area contributed by atoms with E-state index in [0.29, 0.717) is 35.7 Å². The van der Waals surface area contributed by atoms with Crippen LogP contribution in [0.25, 0.3) is 0 Å². The molecule has 1 saturated heterocycles. The van der Waals surface area contributed by atoms with Gasteiger partial charge in [0.1, 0.15) is 5.75 Å². The Labute approximate surface area is 155 Å². The van der Waals surface area contributed by atoms with Gasteiger partial charge in [0.05, 0.1) is 24.2 Å². The summed E-state index contributed by atoms with van der Waals surface area (Å²) in [7, 11) is -1.69. The van der Waals surface area contributed by atoms with Crippen molar-refractivity contribution in [2.24, 2.45) is 0 Å². The molecule has 8 heteroatoms. The van der Waals surface area contributed by atoms with E-state index in [9.17, 15) is 13.2 Å². The minimum absolute atomic E-state index is 0.165. The van der Waals surface area contributed by atoms with Crippen LogP contribution < -0.4 is 14.4 Å². The first-order valence-corrected chi connectivity index (χ1v) is 10.1. The Bertz CT molecular complexity index is 897. The molecule has 0 aromatic heterocycles. The summed E-state index contributed by atoms with van der Waals surface area (Å²) in [5, 5.41) is 2.80. The summed E-state index contributed by atoms with van der Waals surface area (Å²) in [6.45, 7) is 0.475. The van der Waals surface area contributed by atoms with Crippen molar-refractivity contribution in [1.82, 2.24) is 0 Å². The number of nitrogens with one attached hydrogen (secondary N) is 1. The summed E-state index contributed by atoms with van der Waals surface area (Å²) in [5.74, 6) is 0.418. The van der Waals surface area contributed by atoms with Gasteiger partial charge in [-0.1, -0.05) is 15.9 Å². The summed E-state index contributed by atoms with van der Waals surface area (Å²) in [5.41, 5.74) is 1.56. The number of carbonyl (C=O) groups is 1. The molecule has 1 N–H and O–H groups in total. The SMILES string of the molecule is COc1ccc(Br)cc1NC(=O)c1ccc(N2CCCS2(=O)=O)cc1. The lowest BCUT2D eigenvalue weighted by molar-refractivity contribution is 0.102. The quantitative estimate of drug-likeness (QED) is 0.816. The van der Waals surface area contributed by atoms with Crippen LogP contribution in [0.3, 0.4) is 0 Å². The van der Waals surface area contributed by atoms with Crippen LogP contribution >= 0.6 is 15.9 Å². The van der Waals surface area contributed by atoms with E-state index in [-0.39, 0.29) is 11.7 Å². The van der Waals surface area contributed by atoms with Crippen molar-refractivity contribution < 1.29 is 17.9 Å². The summed E-state index contributed by atoms with van der Waals surface area (Å²) in [4.78, 5) is 12.4. The largest absolute Gasteiger partial charge is 0.495 e. The van der Waals surface area contributed by atoms with E-state index in [1.807, 2.05) is 6.07 Å². The number of halogens is 1. The van der Waals surface area contributed by atoms with Crippen LogP contribution in [0.1, 0.15) is 16.8 Å². The molecule has 1 aliphatic rings. The Balaban J connectivity index is 1.79. The predicted octanol–water partition coefficient (Wildman–Crippen LogP) is 3.25. The number of hydrogen-bond acceptors (Lipinski definition) is 4. The molecule has 0 aliphatic carbocycles. The smallest absolute Gasteiger partial charge is 0.255 e. The van der Waals surface area contributed by atoms with Crippen LogP contribution in [0.4, 0.5) is 11.4 Å². The third-order valence-corrected chi connectivity index (χ3v) is 6.29. The first kappa shape index (κ1) is 17.8. The van der Waals surface area contributed by atoms with Crippen molar-refractivity contribution in [2.75, 3.05) is 29.0 Å². The molecule has 2 aromatic carbocycles. The van der Waals surface area contributed by atoms with Gasteiger partial charge in [0.25, 0.3) is 5.91 Å². The molecule has 0 spiro atoms. The Morgan fingerprint density at radius 3 is 2.52 bits per heavy atom. The number of sulfonamides is 1. The first-order chi connectivity index (χ1) is 11.9. The molecule has 132 valence electrons. The highest BCUT2D eigenvalue weighted by Gasteiger charge is 2.28. The summed E-state index contributed by atoms with van der Waals surface area (Å²) in [6.07, 6.45) is 0.618. The van der Waals surface area contributed by atoms with Crippen molar-refractivity contribution in [3.63, 3.8) is 0 Å². The lowest BCUT2D eigenvalue weighted by Gasteiger charge is -2.17. The van der Waals surface area contributed by atoms with Gasteiger partial charge in [-0.15, -0.1) is 0 Å². The van der Waals surface area contributed by atoms with Gasteiger partial charge < -0.3 is 10.1 Å². The van der Waals surface area contributed by atoms with Gasteiger partial charge in [0, 0.05) is 16.6 Å². The van der Waals surface area contributed by atoms with Gasteiger partial charge in [0.2, 0.25) is 10.0 Å². The molecule has 0 saturated carbocycles. The minimum Gasteiger partial charge on any atom is -0.495 e. The molecular weight excluding hydrogens is 408 g/mol. The summed E-state index contributed by atoms with van der Waals surface area (Å²) >= 11 is 3.36. The molecule has 25 heavy (non-hydrogen) atoms. The Morgan fingerprint density at radius 1 is 1.20 bits per heavy atom. The fourth-order valence-corrected chi connectivity index (χ4v) is 4.61. The highest BCUT2D eigenvalue weighted by molar-refractivity contribution is 9.10. The van der Waals surface area contributed by atoms with E-state index < -0.39 is 10.0 Å². The van der Waals surface area contributed by atoms with Crippen molar-refractivity contribution in [3.8, 4) is 5.75 Å². The van der Waals surface area contributed by atoms with E-state index in [1.54, 1.807) is 36.4 Å². The molecule has 3 rings (SSSR count). The maximum Gasteiger partial charge on any atom is 0.255 e. The lowest BCUT2D eigenvalue weighted by atomic mass is 10.2. The topological polar surface area (TPSA) is 75.7 Å². The van der Waals surface area contributed by atoms with Gasteiger partial charge in [-0.2, -0.15) is 0 Å². The molecule has 0 radical (unpaired) electrons. The fourth-order valence-electron chi connectivity index (χ4n) is 2.68. The van der Waals surface area contributed by atoms with E-state index in [1.165, 1.54) is 11.4 Å². The molecule has 0 atom stereocenters. The van der Waals surface area contributed by atoms with E-state index >= 15 is 0 Å². The number of methoxy groups -OCH3 is 1. The van der Waals surface area contributed by atoms with Crippen LogP contribution in [-0.2, 0) is 10.0 Å². The highest BCUT2D eigenvalue weighted by atomic mass is 79.9. The molecule has 1 fully saturated rings. The van der Waals surface area contributed by atoms with Crippen LogP contribution in [0.2, 0.25) is 0 Å².